The molecule has 0 amide bonds. The fourth-order valence-electron chi connectivity index (χ4n) is 5.05. The molecule has 0 saturated carbocycles. The molecular formula is C28H34N6O2S. The fraction of sp³-hybridized carbons (Fsp3) is 0.464. The standard InChI is InChI=1S/C28H34N6O2S/c1-20-16-21(2-7-26(20)36-25-8-14-37-15-9-25)27-29-19-30-28(32-27)31-22-3-5-23(6-4-22)33-10-12-34(13-11-33)24-17-35-18-24/h2-7,16,19,24-25H,8-15,17-18H2,1H3,(H,29,30,31,32). The van der Waals surface area contributed by atoms with Gasteiger partial charge in [-0.1, -0.05) is 0 Å². The molecule has 9 heteroatoms. The highest BCUT2D eigenvalue weighted by Crippen LogP contribution is 2.29. The van der Waals surface area contributed by atoms with E-state index in [0.29, 0.717) is 23.9 Å². The van der Waals surface area contributed by atoms with Gasteiger partial charge < -0.3 is 19.7 Å². The summed E-state index contributed by atoms with van der Waals surface area (Å²) in [5.41, 5.74) is 4.26. The number of rotatable bonds is 7. The molecular weight excluding hydrogens is 484 g/mol. The fourth-order valence-corrected chi connectivity index (χ4v) is 6.12. The Bertz CT molecular complexity index is 1190. The Morgan fingerprint density at radius 3 is 2.46 bits per heavy atom. The largest absolute Gasteiger partial charge is 0.490 e. The van der Waals surface area contributed by atoms with Gasteiger partial charge in [-0.25, -0.2) is 9.97 Å². The first-order valence-electron chi connectivity index (χ1n) is 13.2. The summed E-state index contributed by atoms with van der Waals surface area (Å²) in [5.74, 6) is 4.49. The van der Waals surface area contributed by atoms with Crippen molar-refractivity contribution in [3.05, 3.63) is 54.4 Å². The van der Waals surface area contributed by atoms with Gasteiger partial charge >= 0.3 is 0 Å². The SMILES string of the molecule is Cc1cc(-c2ncnc(Nc3ccc(N4CCN(C5COC5)CC4)cc3)n2)ccc1OC1CCSCC1. The van der Waals surface area contributed by atoms with E-state index in [0.717, 1.165) is 74.8 Å². The Hall–Kier alpha value is -2.88. The van der Waals surface area contributed by atoms with E-state index in [2.05, 4.69) is 67.3 Å². The van der Waals surface area contributed by atoms with Crippen molar-refractivity contribution < 1.29 is 9.47 Å². The highest BCUT2D eigenvalue weighted by atomic mass is 32.2. The molecule has 3 fully saturated rings. The third kappa shape index (κ3) is 5.84. The predicted octanol–water partition coefficient (Wildman–Crippen LogP) is 4.39. The van der Waals surface area contributed by atoms with Crippen LogP contribution in [0.4, 0.5) is 17.3 Å². The van der Waals surface area contributed by atoms with Gasteiger partial charge in [0.2, 0.25) is 5.95 Å². The normalized spacial score (nSPS) is 19.4. The van der Waals surface area contributed by atoms with E-state index < -0.39 is 0 Å². The van der Waals surface area contributed by atoms with Gasteiger partial charge in [-0.15, -0.1) is 0 Å². The average molecular weight is 519 g/mol. The zero-order chi connectivity index (χ0) is 25.0. The highest BCUT2D eigenvalue weighted by Gasteiger charge is 2.28. The molecule has 3 aliphatic rings. The molecule has 3 aromatic rings. The molecule has 0 unspecified atom stereocenters. The van der Waals surface area contributed by atoms with E-state index in [-0.39, 0.29) is 0 Å². The number of hydrogen-bond donors (Lipinski definition) is 1. The molecule has 3 saturated heterocycles. The number of aryl methyl sites for hydroxylation is 1. The van der Waals surface area contributed by atoms with Gasteiger partial charge in [0.25, 0.3) is 0 Å². The summed E-state index contributed by atoms with van der Waals surface area (Å²) in [6, 6.07) is 15.3. The van der Waals surface area contributed by atoms with Crippen molar-refractivity contribution in [2.75, 3.05) is 61.1 Å². The zero-order valence-electron chi connectivity index (χ0n) is 21.3. The Balaban J connectivity index is 1.08. The van der Waals surface area contributed by atoms with Crippen molar-refractivity contribution >= 4 is 29.1 Å². The number of ether oxygens (including phenoxy) is 2. The third-order valence-electron chi connectivity index (χ3n) is 7.41. The molecule has 1 N–H and O–H groups in total. The van der Waals surface area contributed by atoms with Crippen LogP contribution in [0.15, 0.2) is 48.8 Å². The van der Waals surface area contributed by atoms with Crippen LogP contribution in [0.5, 0.6) is 5.75 Å². The quantitative estimate of drug-likeness (QED) is 0.490. The van der Waals surface area contributed by atoms with Crippen LogP contribution in [0, 0.1) is 6.92 Å². The van der Waals surface area contributed by atoms with Gasteiger partial charge in [-0.3, -0.25) is 4.90 Å². The molecule has 4 heterocycles. The topological polar surface area (TPSA) is 75.6 Å². The van der Waals surface area contributed by atoms with Crippen molar-refractivity contribution in [2.45, 2.75) is 31.9 Å². The first-order valence-corrected chi connectivity index (χ1v) is 14.3. The lowest BCUT2D eigenvalue weighted by atomic mass is 10.1. The summed E-state index contributed by atoms with van der Waals surface area (Å²) < 4.78 is 11.6. The molecule has 0 spiro atoms. The molecule has 3 aliphatic heterocycles. The smallest absolute Gasteiger partial charge is 0.230 e. The zero-order valence-corrected chi connectivity index (χ0v) is 22.1. The Labute approximate surface area is 222 Å². The number of aromatic nitrogens is 3. The van der Waals surface area contributed by atoms with E-state index in [1.165, 1.54) is 17.2 Å². The second kappa shape index (κ2) is 11.2. The molecule has 1 aromatic heterocycles. The van der Waals surface area contributed by atoms with Crippen LogP contribution in [0.3, 0.4) is 0 Å². The van der Waals surface area contributed by atoms with Crippen LogP contribution >= 0.6 is 11.8 Å². The molecule has 194 valence electrons. The van der Waals surface area contributed by atoms with Crippen LogP contribution in [0.1, 0.15) is 18.4 Å². The number of nitrogens with zero attached hydrogens (tertiary/aromatic N) is 5. The van der Waals surface area contributed by atoms with Crippen molar-refractivity contribution in [2.24, 2.45) is 0 Å². The highest BCUT2D eigenvalue weighted by molar-refractivity contribution is 7.99. The maximum absolute atomic E-state index is 6.27. The van der Waals surface area contributed by atoms with Crippen molar-refractivity contribution in [3.8, 4) is 17.1 Å². The van der Waals surface area contributed by atoms with Gasteiger partial charge in [0, 0.05) is 43.1 Å². The van der Waals surface area contributed by atoms with E-state index in [9.17, 15) is 0 Å². The lowest BCUT2D eigenvalue weighted by Crippen LogP contribution is -2.56. The number of benzene rings is 2. The van der Waals surface area contributed by atoms with E-state index in [1.54, 1.807) is 6.33 Å². The predicted molar refractivity (Wildman–Crippen MR) is 149 cm³/mol. The molecule has 37 heavy (non-hydrogen) atoms. The monoisotopic (exact) mass is 518 g/mol. The first-order chi connectivity index (χ1) is 18.2. The molecule has 0 bridgehead atoms. The van der Waals surface area contributed by atoms with Gasteiger partial charge in [-0.2, -0.15) is 16.7 Å². The summed E-state index contributed by atoms with van der Waals surface area (Å²) in [6.45, 7) is 8.13. The molecule has 2 aromatic carbocycles. The second-order valence-electron chi connectivity index (χ2n) is 9.93. The van der Waals surface area contributed by atoms with Crippen LogP contribution in [-0.2, 0) is 4.74 Å². The Morgan fingerprint density at radius 1 is 0.973 bits per heavy atom. The van der Waals surface area contributed by atoms with Crippen LogP contribution in [-0.4, -0.2) is 82.9 Å². The molecule has 0 atom stereocenters. The Morgan fingerprint density at radius 2 is 1.76 bits per heavy atom. The molecule has 0 radical (unpaired) electrons. The average Bonchev–Trinajstić information content (AvgIpc) is 2.91. The first kappa shape index (κ1) is 24.5. The summed E-state index contributed by atoms with van der Waals surface area (Å²) in [7, 11) is 0. The third-order valence-corrected chi connectivity index (χ3v) is 8.46. The number of piperazine rings is 1. The summed E-state index contributed by atoms with van der Waals surface area (Å²) >= 11 is 2.01. The van der Waals surface area contributed by atoms with Crippen molar-refractivity contribution in [1.82, 2.24) is 19.9 Å². The number of anilines is 3. The van der Waals surface area contributed by atoms with Crippen LogP contribution < -0.4 is 15.0 Å². The minimum Gasteiger partial charge on any atom is -0.490 e. The van der Waals surface area contributed by atoms with E-state index in [4.69, 9.17) is 9.47 Å². The number of hydrogen-bond acceptors (Lipinski definition) is 9. The lowest BCUT2D eigenvalue weighted by molar-refractivity contribution is -0.0660. The van der Waals surface area contributed by atoms with Crippen molar-refractivity contribution in [3.63, 3.8) is 0 Å². The number of thioether (sulfide) groups is 1. The minimum atomic E-state index is 0.317. The molecule has 8 nitrogen and oxygen atoms in total. The number of nitrogens with one attached hydrogen (secondary N) is 1. The summed E-state index contributed by atoms with van der Waals surface area (Å²) in [6.07, 6.45) is 4.10. The van der Waals surface area contributed by atoms with Gasteiger partial charge in [0.1, 0.15) is 18.2 Å². The maximum Gasteiger partial charge on any atom is 0.230 e. The minimum absolute atomic E-state index is 0.317. The van der Waals surface area contributed by atoms with Crippen LogP contribution in [0.25, 0.3) is 11.4 Å². The molecule has 6 rings (SSSR count). The van der Waals surface area contributed by atoms with Crippen molar-refractivity contribution in [1.29, 1.82) is 0 Å². The second-order valence-corrected chi connectivity index (χ2v) is 11.2. The van der Waals surface area contributed by atoms with Gasteiger partial charge in [-0.05, 0) is 79.3 Å². The summed E-state index contributed by atoms with van der Waals surface area (Å²) in [5, 5.41) is 3.33. The van der Waals surface area contributed by atoms with E-state index in [1.807, 2.05) is 23.9 Å². The maximum atomic E-state index is 6.27. The molecule has 0 aliphatic carbocycles. The van der Waals surface area contributed by atoms with Gasteiger partial charge in [0.15, 0.2) is 5.82 Å². The van der Waals surface area contributed by atoms with E-state index >= 15 is 0 Å². The summed E-state index contributed by atoms with van der Waals surface area (Å²) in [4.78, 5) is 18.4. The lowest BCUT2D eigenvalue weighted by Gasteiger charge is -2.43. The van der Waals surface area contributed by atoms with Gasteiger partial charge in [0.05, 0.1) is 19.3 Å². The van der Waals surface area contributed by atoms with Crippen LogP contribution in [0.2, 0.25) is 0 Å². The Kier molecular flexibility index (Phi) is 7.43.